The number of rotatable bonds is 9. The smallest absolute Gasteiger partial charge is 0.159 e. The van der Waals surface area contributed by atoms with Gasteiger partial charge >= 0.3 is 0 Å². The molecule has 0 spiro atoms. The van der Waals surface area contributed by atoms with E-state index in [0.29, 0.717) is 24.8 Å². The van der Waals surface area contributed by atoms with Crippen LogP contribution < -0.4 is 5.32 Å². The summed E-state index contributed by atoms with van der Waals surface area (Å²) in [6.45, 7) is 2.85. The average molecular weight is 319 g/mol. The fraction of sp³-hybridized carbons (Fsp3) is 0.600. The maximum absolute atomic E-state index is 13.2. The van der Waals surface area contributed by atoms with Crippen LogP contribution in [0.5, 0.6) is 0 Å². The molecule has 0 amide bonds. The van der Waals surface area contributed by atoms with Gasteiger partial charge < -0.3 is 5.32 Å². The van der Waals surface area contributed by atoms with Crippen molar-refractivity contribution >= 4 is 9.84 Å². The minimum absolute atomic E-state index is 0.0663. The fourth-order valence-electron chi connectivity index (χ4n) is 2.17. The second-order valence-corrected chi connectivity index (χ2v) is 7.64. The molecule has 0 aliphatic rings. The van der Waals surface area contributed by atoms with Crippen molar-refractivity contribution in [2.75, 3.05) is 18.6 Å². The molecule has 6 heteroatoms. The summed E-state index contributed by atoms with van der Waals surface area (Å²) in [5.74, 6) is -1.55. The van der Waals surface area contributed by atoms with E-state index in [4.69, 9.17) is 0 Å². The lowest BCUT2D eigenvalue weighted by Crippen LogP contribution is -2.32. The molecule has 1 N–H and O–H groups in total. The van der Waals surface area contributed by atoms with E-state index in [9.17, 15) is 17.2 Å². The molecule has 1 aromatic rings. The predicted molar refractivity (Wildman–Crippen MR) is 81.1 cm³/mol. The Hall–Kier alpha value is -1.01. The summed E-state index contributed by atoms with van der Waals surface area (Å²) in [6.07, 6.45) is 3.98. The van der Waals surface area contributed by atoms with Crippen molar-refractivity contribution in [3.8, 4) is 0 Å². The summed E-state index contributed by atoms with van der Waals surface area (Å²) >= 11 is 0. The molecule has 21 heavy (non-hydrogen) atoms. The largest absolute Gasteiger partial charge is 0.314 e. The van der Waals surface area contributed by atoms with E-state index in [1.807, 2.05) is 6.92 Å². The third kappa shape index (κ3) is 7.52. The van der Waals surface area contributed by atoms with Gasteiger partial charge in [0.15, 0.2) is 11.6 Å². The lowest BCUT2D eigenvalue weighted by molar-refractivity contribution is 0.467. The SMILES string of the molecule is CCCNC(CCCS(C)(=O)=O)Cc1ccc(F)c(F)c1. The van der Waals surface area contributed by atoms with Crippen molar-refractivity contribution in [2.45, 2.75) is 38.6 Å². The first-order valence-corrected chi connectivity index (χ1v) is 9.23. The van der Waals surface area contributed by atoms with Gasteiger partial charge in [-0.2, -0.15) is 0 Å². The molecule has 1 aromatic carbocycles. The van der Waals surface area contributed by atoms with E-state index >= 15 is 0 Å². The Morgan fingerprint density at radius 2 is 1.95 bits per heavy atom. The van der Waals surface area contributed by atoms with Crippen molar-refractivity contribution in [1.82, 2.24) is 5.32 Å². The van der Waals surface area contributed by atoms with Gasteiger partial charge in [0.2, 0.25) is 0 Å². The van der Waals surface area contributed by atoms with Gasteiger partial charge in [0, 0.05) is 18.1 Å². The summed E-state index contributed by atoms with van der Waals surface area (Å²) in [4.78, 5) is 0. The van der Waals surface area contributed by atoms with E-state index in [0.717, 1.165) is 19.0 Å². The van der Waals surface area contributed by atoms with Gasteiger partial charge in [-0.15, -0.1) is 0 Å². The normalized spacial score (nSPS) is 13.3. The van der Waals surface area contributed by atoms with Crippen molar-refractivity contribution in [2.24, 2.45) is 0 Å². The van der Waals surface area contributed by atoms with Crippen LogP contribution in [0.4, 0.5) is 8.78 Å². The quantitative estimate of drug-likeness (QED) is 0.761. The number of sulfone groups is 1. The summed E-state index contributed by atoms with van der Waals surface area (Å²) in [7, 11) is -2.96. The molecule has 0 aliphatic heterocycles. The number of benzene rings is 1. The monoisotopic (exact) mass is 319 g/mol. The van der Waals surface area contributed by atoms with Gasteiger partial charge in [-0.25, -0.2) is 17.2 Å². The van der Waals surface area contributed by atoms with Gasteiger partial charge in [-0.05, 0) is 49.9 Å². The first-order valence-electron chi connectivity index (χ1n) is 7.17. The average Bonchev–Trinajstić information content (AvgIpc) is 2.38. The molecule has 1 atom stereocenters. The molecule has 1 unspecified atom stereocenters. The maximum atomic E-state index is 13.2. The molecule has 0 bridgehead atoms. The molecule has 0 saturated heterocycles. The first-order chi connectivity index (χ1) is 9.81. The molecular formula is C15H23F2NO2S. The van der Waals surface area contributed by atoms with Crippen molar-refractivity contribution in [3.05, 3.63) is 35.4 Å². The zero-order chi connectivity index (χ0) is 15.9. The zero-order valence-corrected chi connectivity index (χ0v) is 13.3. The zero-order valence-electron chi connectivity index (χ0n) is 12.5. The van der Waals surface area contributed by atoms with Gasteiger partial charge in [-0.3, -0.25) is 0 Å². The second-order valence-electron chi connectivity index (χ2n) is 5.38. The highest BCUT2D eigenvalue weighted by molar-refractivity contribution is 7.90. The van der Waals surface area contributed by atoms with Crippen LogP contribution in [0.15, 0.2) is 18.2 Å². The van der Waals surface area contributed by atoms with Crippen molar-refractivity contribution < 1.29 is 17.2 Å². The lowest BCUT2D eigenvalue weighted by Gasteiger charge is -2.18. The van der Waals surface area contributed by atoms with Crippen LogP contribution >= 0.6 is 0 Å². The Morgan fingerprint density at radius 3 is 2.52 bits per heavy atom. The van der Waals surface area contributed by atoms with Crippen LogP contribution in [-0.4, -0.2) is 33.0 Å². The molecular weight excluding hydrogens is 296 g/mol. The Bertz CT molecular complexity index is 547. The molecule has 0 aromatic heterocycles. The minimum atomic E-state index is -2.96. The third-order valence-electron chi connectivity index (χ3n) is 3.22. The predicted octanol–water partition coefficient (Wildman–Crippen LogP) is 2.70. The van der Waals surface area contributed by atoms with Crippen molar-refractivity contribution in [1.29, 1.82) is 0 Å². The number of hydrogen-bond acceptors (Lipinski definition) is 3. The van der Waals surface area contributed by atoms with Crippen LogP contribution in [0.1, 0.15) is 31.7 Å². The van der Waals surface area contributed by atoms with Gasteiger partial charge in [0.05, 0.1) is 0 Å². The first kappa shape index (κ1) is 18.0. The summed E-state index contributed by atoms with van der Waals surface area (Å²) in [5, 5.41) is 3.33. The van der Waals surface area contributed by atoms with Crippen LogP contribution in [0.2, 0.25) is 0 Å². The van der Waals surface area contributed by atoms with Gasteiger partial charge in [-0.1, -0.05) is 13.0 Å². The second kappa shape index (κ2) is 8.44. The molecule has 0 saturated carbocycles. The topological polar surface area (TPSA) is 46.2 Å². The Kier molecular flexibility index (Phi) is 7.25. The molecule has 0 radical (unpaired) electrons. The Labute approximate surface area is 125 Å². The molecule has 120 valence electrons. The summed E-state index contributed by atoms with van der Waals surface area (Å²) in [6, 6.07) is 3.96. The Balaban J connectivity index is 2.61. The molecule has 0 fully saturated rings. The van der Waals surface area contributed by atoms with E-state index in [1.165, 1.54) is 12.3 Å². The van der Waals surface area contributed by atoms with E-state index < -0.39 is 21.5 Å². The summed E-state index contributed by atoms with van der Waals surface area (Å²) in [5.41, 5.74) is 0.710. The maximum Gasteiger partial charge on any atom is 0.159 e. The van der Waals surface area contributed by atoms with Crippen LogP contribution in [0, 0.1) is 11.6 Å². The minimum Gasteiger partial charge on any atom is -0.314 e. The van der Waals surface area contributed by atoms with E-state index in [1.54, 1.807) is 6.07 Å². The number of nitrogens with one attached hydrogen (secondary N) is 1. The fourth-order valence-corrected chi connectivity index (χ4v) is 2.86. The molecule has 1 rings (SSSR count). The standard InChI is InChI=1S/C15H23F2NO2S/c1-3-8-18-13(5-4-9-21(2,19)20)10-12-6-7-14(16)15(17)11-12/h6-7,11,13,18H,3-5,8-10H2,1-2H3. The van der Waals surface area contributed by atoms with Crippen LogP contribution in [-0.2, 0) is 16.3 Å². The van der Waals surface area contributed by atoms with Crippen LogP contribution in [0.25, 0.3) is 0 Å². The van der Waals surface area contributed by atoms with E-state index in [-0.39, 0.29) is 11.8 Å². The van der Waals surface area contributed by atoms with Gasteiger partial charge in [0.1, 0.15) is 9.84 Å². The number of hydrogen-bond donors (Lipinski definition) is 1. The molecule has 3 nitrogen and oxygen atoms in total. The Morgan fingerprint density at radius 1 is 1.24 bits per heavy atom. The highest BCUT2D eigenvalue weighted by Gasteiger charge is 2.12. The highest BCUT2D eigenvalue weighted by Crippen LogP contribution is 2.13. The molecule has 0 heterocycles. The summed E-state index contributed by atoms with van der Waals surface area (Å²) < 4.78 is 48.4. The highest BCUT2D eigenvalue weighted by atomic mass is 32.2. The van der Waals surface area contributed by atoms with E-state index in [2.05, 4.69) is 5.32 Å². The van der Waals surface area contributed by atoms with Crippen LogP contribution in [0.3, 0.4) is 0 Å². The lowest BCUT2D eigenvalue weighted by atomic mass is 10.0. The van der Waals surface area contributed by atoms with Gasteiger partial charge in [0.25, 0.3) is 0 Å². The third-order valence-corrected chi connectivity index (χ3v) is 4.25. The number of halogens is 2. The van der Waals surface area contributed by atoms with Crippen molar-refractivity contribution in [3.63, 3.8) is 0 Å². The molecule has 0 aliphatic carbocycles.